The molecule has 1 heterocycles. The molecule has 2 saturated carbocycles. The molecule has 3 fully saturated rings. The van der Waals surface area contributed by atoms with Crippen molar-refractivity contribution >= 4 is 0 Å². The van der Waals surface area contributed by atoms with Crippen molar-refractivity contribution in [3.8, 4) is 0 Å². The van der Waals surface area contributed by atoms with Gasteiger partial charge in [0.15, 0.2) is 0 Å². The van der Waals surface area contributed by atoms with Gasteiger partial charge in [-0.05, 0) is 56.8 Å². The standard InChI is InChI=1S/C17H31NO2/c1-13-5-3-9-17(11-13,19-2)15(18)14-6-10-20-16(12-14)7-4-8-16/h13-15H,3-12,18H2,1-2H3. The first kappa shape index (κ1) is 14.8. The van der Waals surface area contributed by atoms with Crippen molar-refractivity contribution in [3.05, 3.63) is 0 Å². The maximum absolute atomic E-state index is 6.75. The highest BCUT2D eigenvalue weighted by Crippen LogP contribution is 2.48. The number of hydrogen-bond acceptors (Lipinski definition) is 3. The van der Waals surface area contributed by atoms with Gasteiger partial charge in [0.05, 0.1) is 11.2 Å². The Morgan fingerprint density at radius 3 is 2.55 bits per heavy atom. The molecule has 0 amide bonds. The molecule has 0 radical (unpaired) electrons. The molecule has 4 unspecified atom stereocenters. The molecule has 3 nitrogen and oxygen atoms in total. The second kappa shape index (κ2) is 5.58. The highest BCUT2D eigenvalue weighted by Gasteiger charge is 2.49. The van der Waals surface area contributed by atoms with E-state index < -0.39 is 0 Å². The Morgan fingerprint density at radius 2 is 1.95 bits per heavy atom. The lowest BCUT2D eigenvalue weighted by molar-refractivity contribution is -0.162. The predicted octanol–water partition coefficient (Wildman–Crippen LogP) is 3.26. The smallest absolute Gasteiger partial charge is 0.0834 e. The molecule has 0 aromatic rings. The van der Waals surface area contributed by atoms with E-state index in [-0.39, 0.29) is 17.2 Å². The van der Waals surface area contributed by atoms with Gasteiger partial charge in [0.2, 0.25) is 0 Å². The summed E-state index contributed by atoms with van der Waals surface area (Å²) in [7, 11) is 1.87. The number of methoxy groups -OCH3 is 1. The minimum Gasteiger partial charge on any atom is -0.377 e. The lowest BCUT2D eigenvalue weighted by atomic mass is 9.65. The average molecular weight is 281 g/mol. The lowest BCUT2D eigenvalue weighted by Gasteiger charge is -2.52. The van der Waals surface area contributed by atoms with Crippen LogP contribution in [0.5, 0.6) is 0 Å². The summed E-state index contributed by atoms with van der Waals surface area (Å²) in [4.78, 5) is 0. The molecule has 20 heavy (non-hydrogen) atoms. The highest BCUT2D eigenvalue weighted by molar-refractivity contribution is 5.03. The fourth-order valence-electron chi connectivity index (χ4n) is 4.89. The van der Waals surface area contributed by atoms with Gasteiger partial charge in [-0.1, -0.05) is 19.8 Å². The molecule has 0 aromatic heterocycles. The zero-order chi connectivity index (χ0) is 14.2. The van der Waals surface area contributed by atoms with Crippen LogP contribution in [0.4, 0.5) is 0 Å². The van der Waals surface area contributed by atoms with E-state index in [0.29, 0.717) is 5.92 Å². The van der Waals surface area contributed by atoms with Crippen LogP contribution in [0, 0.1) is 11.8 Å². The van der Waals surface area contributed by atoms with Gasteiger partial charge in [-0.2, -0.15) is 0 Å². The van der Waals surface area contributed by atoms with E-state index in [1.54, 1.807) is 0 Å². The summed E-state index contributed by atoms with van der Waals surface area (Å²) in [6, 6.07) is 0.177. The molecule has 1 aliphatic heterocycles. The monoisotopic (exact) mass is 281 g/mol. The molecule has 0 aromatic carbocycles. The predicted molar refractivity (Wildman–Crippen MR) is 80.6 cm³/mol. The first-order valence-corrected chi connectivity index (χ1v) is 8.54. The molecule has 3 rings (SSSR count). The van der Waals surface area contributed by atoms with E-state index in [4.69, 9.17) is 15.2 Å². The average Bonchev–Trinajstić information content (AvgIpc) is 2.45. The molecule has 2 N–H and O–H groups in total. The minimum atomic E-state index is -0.0788. The summed E-state index contributed by atoms with van der Waals surface area (Å²) in [5, 5.41) is 0. The van der Waals surface area contributed by atoms with Gasteiger partial charge in [-0.15, -0.1) is 0 Å². The van der Waals surface area contributed by atoms with Crippen LogP contribution >= 0.6 is 0 Å². The molecular weight excluding hydrogens is 250 g/mol. The summed E-state index contributed by atoms with van der Waals surface area (Å²) in [5.74, 6) is 1.32. The van der Waals surface area contributed by atoms with Crippen LogP contribution in [0.15, 0.2) is 0 Å². The van der Waals surface area contributed by atoms with Crippen LogP contribution in [0.25, 0.3) is 0 Å². The van der Waals surface area contributed by atoms with E-state index in [0.717, 1.165) is 38.2 Å². The van der Waals surface area contributed by atoms with Crippen molar-refractivity contribution < 1.29 is 9.47 Å². The molecular formula is C17H31NO2. The van der Waals surface area contributed by atoms with Crippen LogP contribution in [-0.4, -0.2) is 31.0 Å². The SMILES string of the molecule is COC1(C(N)C2CCOC3(CCC3)C2)CCCC(C)C1. The molecule has 1 spiro atoms. The Kier molecular flexibility index (Phi) is 4.13. The topological polar surface area (TPSA) is 44.5 Å². The molecule has 3 aliphatic rings. The van der Waals surface area contributed by atoms with Crippen molar-refractivity contribution in [2.45, 2.75) is 82.0 Å². The quantitative estimate of drug-likeness (QED) is 0.863. The summed E-state index contributed by atoms with van der Waals surface area (Å²) in [6.45, 7) is 3.24. The molecule has 1 saturated heterocycles. The van der Waals surface area contributed by atoms with E-state index in [9.17, 15) is 0 Å². The van der Waals surface area contributed by atoms with Gasteiger partial charge >= 0.3 is 0 Å². The van der Waals surface area contributed by atoms with Gasteiger partial charge in [0.25, 0.3) is 0 Å². The van der Waals surface area contributed by atoms with Crippen LogP contribution in [0.3, 0.4) is 0 Å². The third-order valence-corrected chi connectivity index (χ3v) is 6.31. The number of hydrogen-bond donors (Lipinski definition) is 1. The van der Waals surface area contributed by atoms with Gasteiger partial charge in [0, 0.05) is 19.8 Å². The van der Waals surface area contributed by atoms with E-state index in [2.05, 4.69) is 6.92 Å². The third-order valence-electron chi connectivity index (χ3n) is 6.31. The summed E-state index contributed by atoms with van der Waals surface area (Å²) in [6.07, 6.45) is 10.9. The molecule has 4 atom stereocenters. The first-order valence-electron chi connectivity index (χ1n) is 8.54. The maximum atomic E-state index is 6.75. The maximum Gasteiger partial charge on any atom is 0.0834 e. The zero-order valence-corrected chi connectivity index (χ0v) is 13.2. The van der Waals surface area contributed by atoms with Crippen molar-refractivity contribution in [1.29, 1.82) is 0 Å². The summed E-state index contributed by atoms with van der Waals surface area (Å²) >= 11 is 0. The Morgan fingerprint density at radius 1 is 1.15 bits per heavy atom. The highest BCUT2D eigenvalue weighted by atomic mass is 16.5. The molecule has 2 aliphatic carbocycles. The summed E-state index contributed by atoms with van der Waals surface area (Å²) < 4.78 is 12.1. The van der Waals surface area contributed by atoms with Crippen LogP contribution in [-0.2, 0) is 9.47 Å². The third kappa shape index (κ3) is 2.53. The van der Waals surface area contributed by atoms with Gasteiger partial charge in [-0.25, -0.2) is 0 Å². The number of rotatable bonds is 3. The van der Waals surface area contributed by atoms with E-state index >= 15 is 0 Å². The minimum absolute atomic E-state index is 0.0788. The van der Waals surface area contributed by atoms with Gasteiger partial charge < -0.3 is 15.2 Å². The Hall–Kier alpha value is -0.120. The van der Waals surface area contributed by atoms with Crippen molar-refractivity contribution in [2.24, 2.45) is 17.6 Å². The van der Waals surface area contributed by atoms with Gasteiger partial charge in [-0.3, -0.25) is 0 Å². The largest absolute Gasteiger partial charge is 0.377 e. The van der Waals surface area contributed by atoms with Crippen molar-refractivity contribution in [1.82, 2.24) is 0 Å². The second-order valence-corrected chi connectivity index (χ2v) is 7.63. The fraction of sp³-hybridized carbons (Fsp3) is 1.00. The fourth-order valence-corrected chi connectivity index (χ4v) is 4.89. The Balaban J connectivity index is 1.71. The van der Waals surface area contributed by atoms with Gasteiger partial charge in [0.1, 0.15) is 0 Å². The normalized spacial score (nSPS) is 42.1. The van der Waals surface area contributed by atoms with Crippen LogP contribution in [0.2, 0.25) is 0 Å². The van der Waals surface area contributed by atoms with Crippen LogP contribution in [0.1, 0.15) is 64.7 Å². The molecule has 116 valence electrons. The summed E-state index contributed by atoms with van der Waals surface area (Å²) in [5.41, 5.74) is 6.86. The Bertz CT molecular complexity index is 342. The molecule has 3 heteroatoms. The molecule has 0 bridgehead atoms. The van der Waals surface area contributed by atoms with E-state index in [1.165, 1.54) is 32.1 Å². The Labute approximate surface area is 123 Å². The number of ether oxygens (including phenoxy) is 2. The van der Waals surface area contributed by atoms with Crippen LogP contribution < -0.4 is 5.73 Å². The zero-order valence-electron chi connectivity index (χ0n) is 13.2. The second-order valence-electron chi connectivity index (χ2n) is 7.63. The lowest BCUT2D eigenvalue weighted by Crippen LogP contribution is -2.59. The first-order chi connectivity index (χ1) is 9.59. The van der Waals surface area contributed by atoms with E-state index in [1.807, 2.05) is 7.11 Å². The van der Waals surface area contributed by atoms with Crippen molar-refractivity contribution in [2.75, 3.05) is 13.7 Å². The van der Waals surface area contributed by atoms with Crippen molar-refractivity contribution in [3.63, 3.8) is 0 Å². The number of nitrogens with two attached hydrogens (primary N) is 1.